The van der Waals surface area contributed by atoms with Crippen LogP contribution in [-0.4, -0.2) is 48.0 Å². The molecule has 8 heteroatoms. The van der Waals surface area contributed by atoms with Crippen molar-refractivity contribution in [2.45, 2.75) is 6.54 Å². The SMILES string of the molecule is CN=C(NCCOc1cccc(OC)c1)NCc1ncnn1C. The largest absolute Gasteiger partial charge is 0.497 e. The number of nitrogens with one attached hydrogen (secondary N) is 2. The van der Waals surface area contributed by atoms with Crippen molar-refractivity contribution in [3.63, 3.8) is 0 Å². The zero-order chi connectivity index (χ0) is 16.5. The van der Waals surface area contributed by atoms with Crippen LogP contribution < -0.4 is 20.1 Å². The Labute approximate surface area is 135 Å². The van der Waals surface area contributed by atoms with Crippen LogP contribution in [0.4, 0.5) is 0 Å². The molecule has 0 fully saturated rings. The minimum Gasteiger partial charge on any atom is -0.497 e. The van der Waals surface area contributed by atoms with Crippen molar-refractivity contribution in [2.24, 2.45) is 12.0 Å². The maximum atomic E-state index is 5.66. The summed E-state index contributed by atoms with van der Waals surface area (Å²) in [6.45, 7) is 1.68. The second-order valence-corrected chi connectivity index (χ2v) is 4.68. The summed E-state index contributed by atoms with van der Waals surface area (Å²) >= 11 is 0. The molecule has 1 aromatic heterocycles. The molecule has 0 bridgehead atoms. The zero-order valence-electron chi connectivity index (χ0n) is 13.6. The highest BCUT2D eigenvalue weighted by atomic mass is 16.5. The van der Waals surface area contributed by atoms with Crippen LogP contribution in [0.3, 0.4) is 0 Å². The fraction of sp³-hybridized carbons (Fsp3) is 0.400. The van der Waals surface area contributed by atoms with Crippen LogP contribution in [0.2, 0.25) is 0 Å². The van der Waals surface area contributed by atoms with Gasteiger partial charge in [0.15, 0.2) is 5.96 Å². The lowest BCUT2D eigenvalue weighted by atomic mass is 10.3. The van der Waals surface area contributed by atoms with E-state index in [4.69, 9.17) is 9.47 Å². The molecule has 0 amide bonds. The van der Waals surface area contributed by atoms with E-state index in [1.54, 1.807) is 18.8 Å². The molecule has 0 saturated carbocycles. The number of hydrogen-bond acceptors (Lipinski definition) is 5. The van der Waals surface area contributed by atoms with Gasteiger partial charge in [-0.05, 0) is 12.1 Å². The predicted molar refractivity (Wildman–Crippen MR) is 87.7 cm³/mol. The Hall–Kier alpha value is -2.77. The van der Waals surface area contributed by atoms with Gasteiger partial charge in [-0.15, -0.1) is 0 Å². The van der Waals surface area contributed by atoms with Crippen LogP contribution >= 0.6 is 0 Å². The number of aliphatic imine (C=N–C) groups is 1. The molecule has 0 aliphatic heterocycles. The van der Waals surface area contributed by atoms with Gasteiger partial charge in [-0.25, -0.2) is 4.98 Å². The first-order chi connectivity index (χ1) is 11.2. The topological polar surface area (TPSA) is 85.6 Å². The fourth-order valence-electron chi connectivity index (χ4n) is 1.89. The predicted octanol–water partition coefficient (Wildman–Crippen LogP) is 0.568. The number of aromatic nitrogens is 3. The third-order valence-electron chi connectivity index (χ3n) is 3.15. The van der Waals surface area contributed by atoms with Crippen molar-refractivity contribution in [1.82, 2.24) is 25.4 Å². The van der Waals surface area contributed by atoms with Crippen LogP contribution in [0, 0.1) is 0 Å². The van der Waals surface area contributed by atoms with Crippen molar-refractivity contribution >= 4 is 5.96 Å². The monoisotopic (exact) mass is 318 g/mol. The number of hydrogen-bond donors (Lipinski definition) is 2. The molecule has 0 spiro atoms. The minimum atomic E-state index is 0.512. The summed E-state index contributed by atoms with van der Waals surface area (Å²) in [5.74, 6) is 3.06. The summed E-state index contributed by atoms with van der Waals surface area (Å²) in [7, 11) is 5.20. The average Bonchev–Trinajstić information content (AvgIpc) is 2.99. The summed E-state index contributed by atoms with van der Waals surface area (Å²) < 4.78 is 12.5. The smallest absolute Gasteiger partial charge is 0.191 e. The van der Waals surface area contributed by atoms with E-state index in [1.807, 2.05) is 31.3 Å². The van der Waals surface area contributed by atoms with Gasteiger partial charge in [-0.2, -0.15) is 5.10 Å². The molecule has 0 radical (unpaired) electrons. The van der Waals surface area contributed by atoms with Crippen molar-refractivity contribution < 1.29 is 9.47 Å². The van der Waals surface area contributed by atoms with E-state index in [-0.39, 0.29) is 0 Å². The Kier molecular flexibility index (Phi) is 6.22. The third-order valence-corrected chi connectivity index (χ3v) is 3.15. The lowest BCUT2D eigenvalue weighted by molar-refractivity contribution is 0.319. The van der Waals surface area contributed by atoms with Crippen LogP contribution in [0.15, 0.2) is 35.6 Å². The Morgan fingerprint density at radius 3 is 2.83 bits per heavy atom. The molecule has 0 unspecified atom stereocenters. The van der Waals surface area contributed by atoms with Gasteiger partial charge in [0.1, 0.15) is 30.3 Å². The van der Waals surface area contributed by atoms with Gasteiger partial charge in [0, 0.05) is 20.2 Å². The van der Waals surface area contributed by atoms with Crippen molar-refractivity contribution in [1.29, 1.82) is 0 Å². The van der Waals surface area contributed by atoms with E-state index < -0.39 is 0 Å². The molecule has 2 rings (SSSR count). The molecule has 0 saturated heterocycles. The lowest BCUT2D eigenvalue weighted by Gasteiger charge is -2.12. The molecule has 0 aliphatic rings. The zero-order valence-corrected chi connectivity index (χ0v) is 13.6. The molecule has 8 nitrogen and oxygen atoms in total. The Balaban J connectivity index is 1.70. The van der Waals surface area contributed by atoms with Gasteiger partial charge in [0.2, 0.25) is 0 Å². The third kappa shape index (κ3) is 5.17. The molecular formula is C15H22N6O2. The Morgan fingerprint density at radius 1 is 1.30 bits per heavy atom. The van der Waals surface area contributed by atoms with Gasteiger partial charge >= 0.3 is 0 Å². The fourth-order valence-corrected chi connectivity index (χ4v) is 1.89. The molecule has 1 heterocycles. The van der Waals surface area contributed by atoms with Crippen molar-refractivity contribution in [2.75, 3.05) is 27.3 Å². The van der Waals surface area contributed by atoms with E-state index >= 15 is 0 Å². The molecule has 2 aromatic rings. The number of ether oxygens (including phenoxy) is 2. The van der Waals surface area contributed by atoms with Gasteiger partial charge in [0.25, 0.3) is 0 Å². The second kappa shape index (κ2) is 8.62. The quantitative estimate of drug-likeness (QED) is 0.441. The first-order valence-corrected chi connectivity index (χ1v) is 7.27. The normalized spacial score (nSPS) is 11.2. The van der Waals surface area contributed by atoms with E-state index in [0.717, 1.165) is 17.3 Å². The van der Waals surface area contributed by atoms with Crippen molar-refractivity contribution in [3.05, 3.63) is 36.4 Å². The van der Waals surface area contributed by atoms with Crippen molar-refractivity contribution in [3.8, 4) is 11.5 Å². The summed E-state index contributed by atoms with van der Waals surface area (Å²) in [5.41, 5.74) is 0. The number of benzene rings is 1. The first kappa shape index (κ1) is 16.6. The van der Waals surface area contributed by atoms with E-state index in [9.17, 15) is 0 Å². The van der Waals surface area contributed by atoms with E-state index in [1.165, 1.54) is 6.33 Å². The summed E-state index contributed by atoms with van der Waals surface area (Å²) in [4.78, 5) is 8.30. The Bertz CT molecular complexity index is 640. The first-order valence-electron chi connectivity index (χ1n) is 7.27. The standard InChI is InChI=1S/C15H22N6O2/c1-16-15(18-10-14-19-11-20-21(14)2)17-7-8-23-13-6-4-5-12(9-13)22-3/h4-6,9,11H,7-8,10H2,1-3H3,(H2,16,17,18). The maximum Gasteiger partial charge on any atom is 0.191 e. The summed E-state index contributed by atoms with van der Waals surface area (Å²) in [6.07, 6.45) is 1.52. The highest BCUT2D eigenvalue weighted by Gasteiger charge is 2.02. The minimum absolute atomic E-state index is 0.512. The molecule has 23 heavy (non-hydrogen) atoms. The second-order valence-electron chi connectivity index (χ2n) is 4.68. The molecular weight excluding hydrogens is 296 g/mol. The molecule has 1 aromatic carbocycles. The summed E-state index contributed by atoms with van der Waals surface area (Å²) in [5, 5.41) is 10.4. The van der Waals surface area contributed by atoms with Crippen LogP contribution in [-0.2, 0) is 13.6 Å². The Morgan fingerprint density at radius 2 is 2.13 bits per heavy atom. The van der Waals surface area contributed by atoms with E-state index in [2.05, 4.69) is 25.7 Å². The van der Waals surface area contributed by atoms with Crippen LogP contribution in [0.1, 0.15) is 5.82 Å². The highest BCUT2D eigenvalue weighted by Crippen LogP contribution is 2.18. The highest BCUT2D eigenvalue weighted by molar-refractivity contribution is 5.79. The van der Waals surface area contributed by atoms with E-state index in [0.29, 0.717) is 25.7 Å². The lowest BCUT2D eigenvalue weighted by Crippen LogP contribution is -2.39. The van der Waals surface area contributed by atoms with Crippen LogP contribution in [0.5, 0.6) is 11.5 Å². The summed E-state index contributed by atoms with van der Waals surface area (Å²) in [6, 6.07) is 7.51. The van der Waals surface area contributed by atoms with Gasteiger partial charge in [0.05, 0.1) is 20.2 Å². The maximum absolute atomic E-state index is 5.66. The number of nitrogens with zero attached hydrogens (tertiary/aromatic N) is 4. The van der Waals surface area contributed by atoms with Gasteiger partial charge in [-0.3, -0.25) is 9.67 Å². The molecule has 0 aliphatic carbocycles. The molecule has 124 valence electrons. The van der Waals surface area contributed by atoms with Crippen LogP contribution in [0.25, 0.3) is 0 Å². The average molecular weight is 318 g/mol. The van der Waals surface area contributed by atoms with Gasteiger partial charge < -0.3 is 20.1 Å². The number of aryl methyl sites for hydroxylation is 1. The molecule has 2 N–H and O–H groups in total. The number of guanidine groups is 1. The van der Waals surface area contributed by atoms with Gasteiger partial charge in [-0.1, -0.05) is 6.07 Å². The molecule has 0 atom stereocenters. The number of methoxy groups -OCH3 is 1. The number of rotatable bonds is 7.